The molecule has 5 rings (SSSR count). The molecule has 0 aliphatic heterocycles. The molecule has 0 aliphatic rings. The number of carbonyl (C=O) groups is 1. The van der Waals surface area contributed by atoms with E-state index in [1.807, 2.05) is 92.0 Å². The molecule has 0 spiro atoms. The summed E-state index contributed by atoms with van der Waals surface area (Å²) >= 11 is 0. The second-order valence-electron chi connectivity index (χ2n) is 9.73. The third-order valence-corrected chi connectivity index (χ3v) is 8.95. The van der Waals surface area contributed by atoms with Gasteiger partial charge in [0.05, 0.1) is 11.4 Å². The van der Waals surface area contributed by atoms with E-state index in [2.05, 4.69) is 11.1 Å². The van der Waals surface area contributed by atoms with Crippen LogP contribution in [0.1, 0.15) is 24.5 Å². The molecule has 0 saturated carbocycles. The van der Waals surface area contributed by atoms with Crippen LogP contribution in [-0.4, -0.2) is 48.1 Å². The Morgan fingerprint density at radius 1 is 0.795 bits per heavy atom. The number of benzene rings is 4. The van der Waals surface area contributed by atoms with Crippen LogP contribution in [0.2, 0.25) is 0 Å². The van der Waals surface area contributed by atoms with Crippen molar-refractivity contribution in [2.24, 2.45) is 0 Å². The van der Waals surface area contributed by atoms with Gasteiger partial charge in [-0.15, -0.1) is 0 Å². The molecule has 0 aliphatic carbocycles. The van der Waals surface area contributed by atoms with Gasteiger partial charge in [0.1, 0.15) is 0 Å². The summed E-state index contributed by atoms with van der Waals surface area (Å²) in [5.74, 6) is -0.212. The fraction of sp³-hybridized carbons (Fsp3) is 0.219. The van der Waals surface area contributed by atoms with E-state index in [-0.39, 0.29) is 23.9 Å². The number of carbonyl (C=O) groups excluding carboxylic acids is 1. The highest BCUT2D eigenvalue weighted by Crippen LogP contribution is 2.26. The largest absolute Gasteiger partial charge is 0.361 e. The van der Waals surface area contributed by atoms with Crippen LogP contribution >= 0.6 is 0 Å². The van der Waals surface area contributed by atoms with Crippen molar-refractivity contribution in [3.63, 3.8) is 0 Å². The smallest absolute Gasteiger partial charge is 0.244 e. The summed E-state index contributed by atoms with van der Waals surface area (Å²) < 4.78 is 29.1. The Kier molecular flexibility index (Phi) is 8.10. The molecule has 1 amide bonds. The Bertz CT molecular complexity index is 1670. The van der Waals surface area contributed by atoms with Crippen LogP contribution < -0.4 is 0 Å². The number of nitrogens with zero attached hydrogens (tertiary/aromatic N) is 2. The van der Waals surface area contributed by atoms with Crippen LogP contribution in [-0.2, 0) is 27.8 Å². The predicted octanol–water partition coefficient (Wildman–Crippen LogP) is 5.99. The van der Waals surface area contributed by atoms with Crippen molar-refractivity contribution in [3.05, 3.63) is 114 Å². The number of para-hydroxylation sites is 1. The number of H-pyrrole nitrogens is 1. The number of aromatic nitrogens is 1. The van der Waals surface area contributed by atoms with Crippen LogP contribution in [0.25, 0.3) is 21.7 Å². The first-order valence-corrected chi connectivity index (χ1v) is 14.8. The lowest BCUT2D eigenvalue weighted by Crippen LogP contribution is -2.43. The summed E-state index contributed by atoms with van der Waals surface area (Å²) in [6, 6.07) is 30.7. The maximum Gasteiger partial charge on any atom is 0.244 e. The van der Waals surface area contributed by atoms with Crippen LogP contribution in [0.3, 0.4) is 0 Å². The molecule has 6 nitrogen and oxygen atoms in total. The van der Waals surface area contributed by atoms with Gasteiger partial charge in [0, 0.05) is 42.1 Å². The van der Waals surface area contributed by atoms with E-state index in [9.17, 15) is 13.2 Å². The summed E-state index contributed by atoms with van der Waals surface area (Å²) in [6.45, 7) is 2.87. The second-order valence-corrected chi connectivity index (χ2v) is 11.6. The van der Waals surface area contributed by atoms with E-state index in [4.69, 9.17) is 0 Å². The topological polar surface area (TPSA) is 73.5 Å². The van der Waals surface area contributed by atoms with Gasteiger partial charge in [-0.2, -0.15) is 4.31 Å². The number of sulfonamides is 1. The number of rotatable bonds is 11. The Labute approximate surface area is 229 Å². The molecule has 1 heterocycles. The lowest BCUT2D eigenvalue weighted by molar-refractivity contribution is -0.132. The molecule has 4 aromatic carbocycles. The van der Waals surface area contributed by atoms with E-state index < -0.39 is 10.0 Å². The van der Waals surface area contributed by atoms with Crippen LogP contribution in [0.15, 0.2) is 108 Å². The maximum atomic E-state index is 13.9. The van der Waals surface area contributed by atoms with Gasteiger partial charge in [-0.25, -0.2) is 8.42 Å². The van der Waals surface area contributed by atoms with Gasteiger partial charge in [-0.1, -0.05) is 91.9 Å². The molecule has 0 saturated heterocycles. The third-order valence-electron chi connectivity index (χ3n) is 7.05. The number of hydrogen-bond donors (Lipinski definition) is 1. The van der Waals surface area contributed by atoms with Crippen molar-refractivity contribution in [2.45, 2.75) is 31.2 Å². The molecule has 1 aromatic heterocycles. The molecule has 0 unspecified atom stereocenters. The molecule has 0 bridgehead atoms. The van der Waals surface area contributed by atoms with Gasteiger partial charge in [0.2, 0.25) is 15.9 Å². The Morgan fingerprint density at radius 3 is 2.28 bits per heavy atom. The quantitative estimate of drug-likeness (QED) is 0.224. The van der Waals surface area contributed by atoms with Gasteiger partial charge in [-0.05, 0) is 41.5 Å². The van der Waals surface area contributed by atoms with E-state index >= 15 is 0 Å². The van der Waals surface area contributed by atoms with Crippen molar-refractivity contribution < 1.29 is 13.2 Å². The van der Waals surface area contributed by atoms with Gasteiger partial charge in [0.25, 0.3) is 0 Å². The zero-order valence-corrected chi connectivity index (χ0v) is 22.9. The van der Waals surface area contributed by atoms with E-state index in [1.165, 1.54) is 4.31 Å². The zero-order chi connectivity index (χ0) is 27.2. The second kappa shape index (κ2) is 11.8. The summed E-state index contributed by atoms with van der Waals surface area (Å²) in [5.41, 5.74) is 3.19. The van der Waals surface area contributed by atoms with Gasteiger partial charge >= 0.3 is 0 Å². The Hall–Kier alpha value is -3.94. The Balaban J connectivity index is 1.41. The normalized spacial score (nSPS) is 11.8. The van der Waals surface area contributed by atoms with Crippen LogP contribution in [0.5, 0.6) is 0 Å². The standard InChI is InChI=1S/C32H33N3O3S/c1-2-20-35(39(37,38)31-18-10-14-26-13-6-7-16-29(26)31)24-32(36)34(23-25-11-4-3-5-12-25)21-19-27-22-33-30-17-9-8-15-28(27)30/h3-18,22,33H,2,19-21,23-24H2,1H3. The average Bonchev–Trinajstić information content (AvgIpc) is 3.38. The molecule has 0 radical (unpaired) electrons. The number of nitrogens with one attached hydrogen (secondary N) is 1. The summed E-state index contributed by atoms with van der Waals surface area (Å²) in [4.78, 5) is 19.1. The first kappa shape index (κ1) is 26.7. The molecular formula is C32H33N3O3S. The number of hydrogen-bond acceptors (Lipinski definition) is 3. The maximum absolute atomic E-state index is 13.9. The fourth-order valence-electron chi connectivity index (χ4n) is 5.03. The summed E-state index contributed by atoms with van der Waals surface area (Å²) in [7, 11) is -3.90. The molecule has 200 valence electrons. The first-order chi connectivity index (χ1) is 19.0. The molecule has 5 aromatic rings. The monoisotopic (exact) mass is 539 g/mol. The van der Waals surface area contributed by atoms with Gasteiger partial charge in [-0.3, -0.25) is 4.79 Å². The minimum atomic E-state index is -3.90. The van der Waals surface area contributed by atoms with Crippen molar-refractivity contribution in [1.82, 2.24) is 14.2 Å². The highest BCUT2D eigenvalue weighted by atomic mass is 32.2. The highest BCUT2D eigenvalue weighted by molar-refractivity contribution is 7.89. The minimum absolute atomic E-state index is 0.208. The Morgan fingerprint density at radius 2 is 1.49 bits per heavy atom. The van der Waals surface area contributed by atoms with E-state index in [1.54, 1.807) is 17.0 Å². The average molecular weight is 540 g/mol. The third kappa shape index (κ3) is 5.90. The van der Waals surface area contributed by atoms with Crippen molar-refractivity contribution in [2.75, 3.05) is 19.6 Å². The van der Waals surface area contributed by atoms with Crippen molar-refractivity contribution in [3.8, 4) is 0 Å². The molecule has 7 heteroatoms. The van der Waals surface area contributed by atoms with E-state index in [0.717, 1.165) is 27.4 Å². The van der Waals surface area contributed by atoms with Gasteiger partial charge < -0.3 is 9.88 Å². The van der Waals surface area contributed by atoms with Gasteiger partial charge in [0.15, 0.2) is 0 Å². The van der Waals surface area contributed by atoms with Crippen molar-refractivity contribution in [1.29, 1.82) is 0 Å². The zero-order valence-electron chi connectivity index (χ0n) is 22.1. The summed E-state index contributed by atoms with van der Waals surface area (Å²) in [5, 5.41) is 2.65. The molecule has 1 N–H and O–H groups in total. The molecular weight excluding hydrogens is 506 g/mol. The van der Waals surface area contributed by atoms with Crippen LogP contribution in [0.4, 0.5) is 0 Å². The number of amides is 1. The van der Waals surface area contributed by atoms with Crippen molar-refractivity contribution >= 4 is 37.6 Å². The number of aromatic amines is 1. The molecule has 0 fully saturated rings. The predicted molar refractivity (Wildman–Crippen MR) is 157 cm³/mol. The number of fused-ring (bicyclic) bond motifs is 2. The lowest BCUT2D eigenvalue weighted by atomic mass is 10.1. The molecule has 39 heavy (non-hydrogen) atoms. The minimum Gasteiger partial charge on any atom is -0.361 e. The highest BCUT2D eigenvalue weighted by Gasteiger charge is 2.29. The SMILES string of the molecule is CCCN(CC(=O)N(CCc1c[nH]c2ccccc12)Cc1ccccc1)S(=O)(=O)c1cccc2ccccc12. The first-order valence-electron chi connectivity index (χ1n) is 13.3. The van der Waals surface area contributed by atoms with E-state index in [0.29, 0.717) is 31.3 Å². The molecule has 0 atom stereocenters. The lowest BCUT2D eigenvalue weighted by Gasteiger charge is -2.27. The fourth-order valence-corrected chi connectivity index (χ4v) is 6.73. The van der Waals surface area contributed by atoms with Crippen LogP contribution in [0, 0.1) is 0 Å². The summed E-state index contributed by atoms with van der Waals surface area (Å²) in [6.07, 6.45) is 3.25.